The first-order chi connectivity index (χ1) is 16.5. The lowest BCUT2D eigenvalue weighted by Crippen LogP contribution is -2.31. The Bertz CT molecular complexity index is 1360. The number of methoxy groups -OCH3 is 1. The minimum absolute atomic E-state index is 0.000867. The Hall–Kier alpha value is -4.05. The van der Waals surface area contributed by atoms with Crippen molar-refractivity contribution in [2.45, 2.75) is 19.1 Å². The summed E-state index contributed by atoms with van der Waals surface area (Å²) in [5.74, 6) is 1.67. The van der Waals surface area contributed by atoms with E-state index in [2.05, 4.69) is 15.3 Å². The van der Waals surface area contributed by atoms with Crippen LogP contribution in [0.2, 0.25) is 0 Å². The highest BCUT2D eigenvalue weighted by atomic mass is 16.5. The first kappa shape index (κ1) is 23.1. The van der Waals surface area contributed by atoms with E-state index in [4.69, 9.17) is 9.47 Å². The number of imidazole rings is 1. The summed E-state index contributed by atoms with van der Waals surface area (Å²) in [7, 11) is 3.12. The lowest BCUT2D eigenvalue weighted by molar-refractivity contribution is 0.0938. The number of aromatic nitrogens is 4. The lowest BCUT2D eigenvalue weighted by atomic mass is 10.1. The van der Waals surface area contributed by atoms with Crippen LogP contribution in [-0.4, -0.2) is 50.6 Å². The number of nitrogens with zero attached hydrogens (tertiary/aromatic N) is 3. The number of nitrogens with one attached hydrogen (secondary N) is 2. The van der Waals surface area contributed by atoms with Crippen LogP contribution in [0.4, 0.5) is 5.95 Å². The summed E-state index contributed by atoms with van der Waals surface area (Å²) < 4.78 is 13.7. The van der Waals surface area contributed by atoms with Crippen LogP contribution in [0.15, 0.2) is 64.2 Å². The minimum Gasteiger partial charge on any atom is -0.497 e. The molecular weight excluding hydrogens is 438 g/mol. The number of fused-ring (bicyclic) bond motifs is 1. The molecule has 0 aliphatic rings. The number of benzene rings is 2. The summed E-state index contributed by atoms with van der Waals surface area (Å²) in [6, 6.07) is 17.0. The molecule has 34 heavy (non-hydrogen) atoms. The topological polar surface area (TPSA) is 123 Å². The molecule has 1 atom stereocenters. The Balaban J connectivity index is 1.54. The van der Waals surface area contributed by atoms with Gasteiger partial charge < -0.3 is 24.5 Å². The highest BCUT2D eigenvalue weighted by Gasteiger charge is 2.20. The third-order valence-corrected chi connectivity index (χ3v) is 5.44. The average Bonchev–Trinajstić information content (AvgIpc) is 3.21. The second-order valence-corrected chi connectivity index (χ2v) is 7.84. The van der Waals surface area contributed by atoms with Gasteiger partial charge in [-0.05, 0) is 36.2 Å². The Morgan fingerprint density at radius 2 is 1.79 bits per heavy atom. The fourth-order valence-corrected chi connectivity index (χ4v) is 3.64. The highest BCUT2D eigenvalue weighted by Crippen LogP contribution is 2.19. The molecule has 10 nitrogen and oxygen atoms in total. The molecule has 0 amide bonds. The van der Waals surface area contributed by atoms with Crippen molar-refractivity contribution in [3.05, 3.63) is 81.0 Å². The van der Waals surface area contributed by atoms with Gasteiger partial charge in [0.1, 0.15) is 24.2 Å². The number of aromatic amines is 1. The van der Waals surface area contributed by atoms with Crippen LogP contribution in [0, 0.1) is 0 Å². The van der Waals surface area contributed by atoms with Gasteiger partial charge in [-0.2, -0.15) is 4.98 Å². The molecule has 0 radical (unpaired) electrons. The summed E-state index contributed by atoms with van der Waals surface area (Å²) >= 11 is 0. The Morgan fingerprint density at radius 3 is 2.50 bits per heavy atom. The number of aliphatic hydroxyl groups excluding tert-OH is 1. The van der Waals surface area contributed by atoms with Crippen LogP contribution in [0.1, 0.15) is 5.56 Å². The molecule has 0 aliphatic carbocycles. The number of H-pyrrole nitrogens is 1. The second-order valence-electron chi connectivity index (χ2n) is 7.84. The molecular formula is C24H27N5O5. The van der Waals surface area contributed by atoms with Crippen molar-refractivity contribution in [1.29, 1.82) is 0 Å². The molecule has 2 aromatic heterocycles. The van der Waals surface area contributed by atoms with Crippen molar-refractivity contribution in [2.75, 3.05) is 25.6 Å². The van der Waals surface area contributed by atoms with E-state index in [1.54, 1.807) is 35.9 Å². The fourth-order valence-electron chi connectivity index (χ4n) is 3.64. The third kappa shape index (κ3) is 5.12. The van der Waals surface area contributed by atoms with Crippen LogP contribution in [0.25, 0.3) is 11.2 Å². The predicted octanol–water partition coefficient (Wildman–Crippen LogP) is 1.53. The molecule has 0 bridgehead atoms. The molecule has 4 aromatic rings. The van der Waals surface area contributed by atoms with E-state index in [1.165, 1.54) is 11.6 Å². The molecule has 2 aromatic carbocycles. The SMILES string of the molecule is COc1ccc(OC[C@@H](O)Cn2c(NCCc3ccccc3)nc3c2c(=O)[nH]c(=O)n3C)cc1. The molecule has 0 unspecified atom stereocenters. The maximum Gasteiger partial charge on any atom is 0.329 e. The predicted molar refractivity (Wildman–Crippen MR) is 129 cm³/mol. The molecule has 10 heteroatoms. The van der Waals surface area contributed by atoms with Crippen LogP contribution in [0.5, 0.6) is 11.5 Å². The maximum absolute atomic E-state index is 12.6. The van der Waals surface area contributed by atoms with Gasteiger partial charge in [-0.3, -0.25) is 14.3 Å². The smallest absolute Gasteiger partial charge is 0.329 e. The van der Waals surface area contributed by atoms with Crippen LogP contribution in [0.3, 0.4) is 0 Å². The van der Waals surface area contributed by atoms with E-state index >= 15 is 0 Å². The van der Waals surface area contributed by atoms with Gasteiger partial charge in [0.15, 0.2) is 11.2 Å². The number of hydrogen-bond acceptors (Lipinski definition) is 7. The van der Waals surface area contributed by atoms with Crippen molar-refractivity contribution in [3.63, 3.8) is 0 Å². The van der Waals surface area contributed by atoms with E-state index in [0.29, 0.717) is 24.0 Å². The minimum atomic E-state index is -0.939. The zero-order chi connectivity index (χ0) is 24.1. The van der Waals surface area contributed by atoms with Crippen molar-refractivity contribution in [2.24, 2.45) is 7.05 Å². The quantitative estimate of drug-likeness (QED) is 0.325. The molecule has 0 aliphatic heterocycles. The van der Waals surface area contributed by atoms with Gasteiger partial charge in [0.25, 0.3) is 5.56 Å². The Labute approximate surface area is 195 Å². The largest absolute Gasteiger partial charge is 0.497 e. The summed E-state index contributed by atoms with van der Waals surface area (Å²) in [5, 5.41) is 13.9. The number of aryl methyl sites for hydroxylation is 1. The van der Waals surface area contributed by atoms with Gasteiger partial charge in [-0.25, -0.2) is 4.79 Å². The van der Waals surface area contributed by atoms with Gasteiger partial charge in [0.05, 0.1) is 13.7 Å². The molecule has 2 heterocycles. The van der Waals surface area contributed by atoms with Crippen LogP contribution < -0.4 is 26.0 Å². The Morgan fingerprint density at radius 1 is 1.09 bits per heavy atom. The fraction of sp³-hybridized carbons (Fsp3) is 0.292. The van der Waals surface area contributed by atoms with Crippen molar-refractivity contribution in [1.82, 2.24) is 19.1 Å². The first-order valence-electron chi connectivity index (χ1n) is 10.9. The van der Waals surface area contributed by atoms with Gasteiger partial charge in [-0.15, -0.1) is 0 Å². The first-order valence-corrected chi connectivity index (χ1v) is 10.9. The van der Waals surface area contributed by atoms with Gasteiger partial charge in [0.2, 0.25) is 5.95 Å². The summed E-state index contributed by atoms with van der Waals surface area (Å²) in [4.78, 5) is 31.5. The number of anilines is 1. The zero-order valence-electron chi connectivity index (χ0n) is 19.0. The normalized spacial score (nSPS) is 12.0. The van der Waals surface area contributed by atoms with E-state index < -0.39 is 17.4 Å². The molecule has 3 N–H and O–H groups in total. The standard InChI is InChI=1S/C24H27N5O5/c1-28-21-20(22(31)27-24(28)32)29(23(26-21)25-13-12-16-6-4-3-5-7-16)14-17(30)15-34-19-10-8-18(33-2)9-11-19/h3-11,17,30H,12-15H2,1-2H3,(H,25,26)(H,27,31,32)/t17-/m0/s1. The molecule has 178 valence electrons. The summed E-state index contributed by atoms with van der Waals surface area (Å²) in [6.45, 7) is 0.596. The zero-order valence-corrected chi connectivity index (χ0v) is 19.0. The molecule has 0 spiro atoms. The maximum atomic E-state index is 12.6. The molecule has 0 fully saturated rings. The van der Waals surface area contributed by atoms with E-state index in [1.807, 2.05) is 30.3 Å². The molecule has 0 saturated heterocycles. The summed E-state index contributed by atoms with van der Waals surface area (Å²) in [6.07, 6.45) is -0.201. The number of hydrogen-bond donors (Lipinski definition) is 3. The van der Waals surface area contributed by atoms with E-state index in [9.17, 15) is 14.7 Å². The number of aliphatic hydroxyl groups is 1. The molecule has 0 saturated carbocycles. The monoisotopic (exact) mass is 465 g/mol. The van der Waals surface area contributed by atoms with Crippen molar-refractivity contribution >= 4 is 17.1 Å². The lowest BCUT2D eigenvalue weighted by Gasteiger charge is -2.16. The highest BCUT2D eigenvalue weighted by molar-refractivity contribution is 5.74. The summed E-state index contributed by atoms with van der Waals surface area (Å²) in [5.41, 5.74) is 0.467. The Kier molecular flexibility index (Phi) is 6.98. The van der Waals surface area contributed by atoms with E-state index in [0.717, 1.165) is 12.0 Å². The molecule has 4 rings (SSSR count). The van der Waals surface area contributed by atoms with Crippen molar-refractivity contribution in [3.8, 4) is 11.5 Å². The average molecular weight is 466 g/mol. The third-order valence-electron chi connectivity index (χ3n) is 5.44. The number of rotatable bonds is 10. The van der Waals surface area contributed by atoms with Gasteiger partial charge in [-0.1, -0.05) is 30.3 Å². The van der Waals surface area contributed by atoms with Gasteiger partial charge in [0, 0.05) is 13.6 Å². The van der Waals surface area contributed by atoms with E-state index in [-0.39, 0.29) is 24.3 Å². The van der Waals surface area contributed by atoms with Gasteiger partial charge >= 0.3 is 5.69 Å². The van der Waals surface area contributed by atoms with Crippen LogP contribution in [-0.2, 0) is 20.0 Å². The number of ether oxygens (including phenoxy) is 2. The second kappa shape index (κ2) is 10.3. The van der Waals surface area contributed by atoms with Crippen LogP contribution >= 0.6 is 0 Å². The van der Waals surface area contributed by atoms with Crippen molar-refractivity contribution < 1.29 is 14.6 Å².